The van der Waals surface area contributed by atoms with Gasteiger partial charge in [-0.2, -0.15) is 0 Å². The van der Waals surface area contributed by atoms with Gasteiger partial charge in [0.1, 0.15) is 6.11 Å². The number of rotatable bonds is 0. The lowest BCUT2D eigenvalue weighted by atomic mass is 9.47. The Hall–Kier alpha value is -1.31. The van der Waals surface area contributed by atoms with Gasteiger partial charge in [0.2, 0.25) is 0 Å². The maximum absolute atomic E-state index is 11.1. The van der Waals surface area contributed by atoms with Gasteiger partial charge in [0.15, 0.2) is 0 Å². The van der Waals surface area contributed by atoms with Crippen LogP contribution in [-0.4, -0.2) is 28.4 Å². The van der Waals surface area contributed by atoms with Gasteiger partial charge in [0.25, 0.3) is 0 Å². The molecule has 4 nitrogen and oxygen atoms in total. The Labute approximate surface area is 162 Å². The van der Waals surface area contributed by atoms with Crippen LogP contribution in [0.15, 0.2) is 11.6 Å². The molecule has 0 radical (unpaired) electrons. The number of hydrogen-bond donors (Lipinski definition) is 2. The molecule has 3 unspecified atom stereocenters. The van der Waals surface area contributed by atoms with Crippen molar-refractivity contribution in [1.29, 1.82) is 0 Å². The van der Waals surface area contributed by atoms with E-state index in [4.69, 9.17) is 4.74 Å². The highest BCUT2D eigenvalue weighted by atomic mass is 16.5. The van der Waals surface area contributed by atoms with E-state index in [1.165, 1.54) is 12.5 Å². The fourth-order valence-corrected chi connectivity index (χ4v) is 6.93. The van der Waals surface area contributed by atoms with Gasteiger partial charge < -0.3 is 14.9 Å². The minimum atomic E-state index is -0.423. The van der Waals surface area contributed by atoms with Crippen molar-refractivity contribution in [2.45, 2.75) is 77.9 Å². The molecule has 0 aliphatic heterocycles. The molecule has 4 aliphatic rings. The molecule has 3 fully saturated rings. The fraction of sp³-hybridized carbons (Fsp3) is 0.783. The second-order valence-electron chi connectivity index (χ2n) is 9.81. The van der Waals surface area contributed by atoms with E-state index in [-0.39, 0.29) is 34.7 Å². The van der Waals surface area contributed by atoms with E-state index in [0.29, 0.717) is 11.8 Å². The van der Waals surface area contributed by atoms with E-state index in [1.54, 1.807) is 0 Å². The maximum Gasteiger partial charge on any atom is 0.316 e. The number of aliphatic hydroxyl groups excluding tert-OH is 2. The second kappa shape index (κ2) is 6.64. The summed E-state index contributed by atoms with van der Waals surface area (Å²) in [6.07, 6.45) is 11.0. The molecule has 0 amide bonds. The first kappa shape index (κ1) is 19.0. The highest BCUT2D eigenvalue weighted by molar-refractivity contribution is 5.67. The van der Waals surface area contributed by atoms with Gasteiger partial charge in [-0.05, 0) is 73.5 Å². The topological polar surface area (TPSA) is 66.8 Å². The normalized spacial score (nSPS) is 48.3. The summed E-state index contributed by atoms with van der Waals surface area (Å²) in [5, 5.41) is 21.6. The number of ether oxygens (including phenoxy) is 1. The average Bonchev–Trinajstić information content (AvgIpc) is 2.91. The molecular weight excluding hydrogens is 340 g/mol. The van der Waals surface area contributed by atoms with Crippen molar-refractivity contribution in [1.82, 2.24) is 0 Å². The van der Waals surface area contributed by atoms with E-state index in [0.717, 1.165) is 44.9 Å². The van der Waals surface area contributed by atoms with Crippen molar-refractivity contribution in [2.75, 3.05) is 0 Å². The summed E-state index contributed by atoms with van der Waals surface area (Å²) in [6.45, 7) is 5.98. The Morgan fingerprint density at radius 3 is 2.67 bits per heavy atom. The fourth-order valence-electron chi connectivity index (χ4n) is 6.93. The van der Waals surface area contributed by atoms with Gasteiger partial charge in [0, 0.05) is 12.8 Å². The zero-order valence-electron chi connectivity index (χ0n) is 16.7. The van der Waals surface area contributed by atoms with Crippen molar-refractivity contribution < 1.29 is 19.7 Å². The molecule has 27 heavy (non-hydrogen) atoms. The summed E-state index contributed by atoms with van der Waals surface area (Å²) < 4.78 is 4.79. The Bertz CT molecular complexity index is 716. The summed E-state index contributed by atoms with van der Waals surface area (Å²) >= 11 is 0. The zero-order chi connectivity index (χ0) is 19.4. The SMILES string of the molecule is CC(=O)OC#CC1CC[C@@]2(C)C(=CC(O)[C@@H]3[C@H]2CC[C@]2(C)C(O)CC[C@@H]32)C1. The first-order chi connectivity index (χ1) is 12.8. The van der Waals surface area contributed by atoms with Crippen LogP contribution in [0.5, 0.6) is 0 Å². The first-order valence-electron chi connectivity index (χ1n) is 10.5. The molecular formula is C23H32O4. The highest BCUT2D eigenvalue weighted by Gasteiger charge is 2.60. The molecule has 0 spiro atoms. The number of carbonyl (C=O) groups excluding carboxylic acids is 1. The molecule has 3 saturated carbocycles. The molecule has 4 heteroatoms. The van der Waals surface area contributed by atoms with Crippen molar-refractivity contribution in [3.63, 3.8) is 0 Å². The third-order valence-electron chi connectivity index (χ3n) is 8.54. The maximum atomic E-state index is 11.1. The number of allylic oxidation sites excluding steroid dienone is 1. The van der Waals surface area contributed by atoms with Gasteiger partial charge in [0.05, 0.1) is 12.2 Å². The number of hydrogen-bond acceptors (Lipinski definition) is 4. The van der Waals surface area contributed by atoms with Gasteiger partial charge in [-0.3, -0.25) is 4.79 Å². The summed E-state index contributed by atoms with van der Waals surface area (Å²) in [7, 11) is 0. The number of esters is 1. The Balaban J connectivity index is 1.59. The Kier molecular flexibility index (Phi) is 4.68. The van der Waals surface area contributed by atoms with Crippen LogP contribution in [0.3, 0.4) is 0 Å². The number of aliphatic hydroxyl groups is 2. The molecule has 4 aliphatic carbocycles. The van der Waals surface area contributed by atoms with E-state index in [1.807, 2.05) is 0 Å². The minimum absolute atomic E-state index is 0.0312. The van der Waals surface area contributed by atoms with E-state index < -0.39 is 6.10 Å². The predicted molar refractivity (Wildman–Crippen MR) is 102 cm³/mol. The van der Waals surface area contributed by atoms with E-state index in [9.17, 15) is 15.0 Å². The predicted octanol–water partition coefficient (Wildman–Crippen LogP) is 3.42. The molecule has 2 N–H and O–H groups in total. The molecule has 0 saturated heterocycles. The third-order valence-corrected chi connectivity index (χ3v) is 8.54. The lowest BCUT2D eigenvalue weighted by molar-refractivity contribution is -0.134. The van der Waals surface area contributed by atoms with Gasteiger partial charge >= 0.3 is 5.97 Å². The number of carbonyl (C=O) groups is 1. The Morgan fingerprint density at radius 2 is 1.93 bits per heavy atom. The average molecular weight is 373 g/mol. The largest absolute Gasteiger partial charge is 0.393 e. The van der Waals surface area contributed by atoms with Crippen LogP contribution in [0.4, 0.5) is 0 Å². The van der Waals surface area contributed by atoms with Crippen molar-refractivity contribution in [2.24, 2.45) is 34.5 Å². The summed E-state index contributed by atoms with van der Waals surface area (Å²) in [4.78, 5) is 10.9. The van der Waals surface area contributed by atoms with Crippen LogP contribution in [0.1, 0.15) is 65.7 Å². The van der Waals surface area contributed by atoms with Crippen LogP contribution in [0.25, 0.3) is 0 Å². The monoisotopic (exact) mass is 372 g/mol. The first-order valence-corrected chi connectivity index (χ1v) is 10.5. The van der Waals surface area contributed by atoms with Crippen LogP contribution >= 0.6 is 0 Å². The third kappa shape index (κ3) is 2.95. The molecule has 0 heterocycles. The van der Waals surface area contributed by atoms with Crippen molar-refractivity contribution in [3.8, 4) is 12.0 Å². The molecule has 0 aromatic heterocycles. The summed E-state index contributed by atoms with van der Waals surface area (Å²) in [5.74, 6) is 4.07. The molecule has 148 valence electrons. The lowest BCUT2D eigenvalue weighted by Crippen LogP contribution is -2.54. The minimum Gasteiger partial charge on any atom is -0.393 e. The second-order valence-corrected chi connectivity index (χ2v) is 9.81. The van der Waals surface area contributed by atoms with Gasteiger partial charge in [-0.15, -0.1) is 0 Å². The molecule has 4 rings (SSSR count). The lowest BCUT2D eigenvalue weighted by Gasteiger charge is -2.58. The van der Waals surface area contributed by atoms with Crippen LogP contribution < -0.4 is 0 Å². The number of fused-ring (bicyclic) bond motifs is 5. The summed E-state index contributed by atoms with van der Waals surface area (Å²) in [5.41, 5.74) is 1.43. The van der Waals surface area contributed by atoms with Crippen LogP contribution in [0, 0.1) is 46.5 Å². The Morgan fingerprint density at radius 1 is 1.15 bits per heavy atom. The quantitative estimate of drug-likeness (QED) is 0.388. The van der Waals surface area contributed by atoms with Crippen molar-refractivity contribution >= 4 is 5.97 Å². The van der Waals surface area contributed by atoms with Crippen molar-refractivity contribution in [3.05, 3.63) is 11.6 Å². The van der Waals surface area contributed by atoms with Gasteiger partial charge in [-0.25, -0.2) is 0 Å². The standard InChI is InChI=1S/C23H32O4/c1-14(24)27-11-8-15-6-9-22(2)16(12-15)13-19(25)21-17-4-5-20(26)23(17,3)10-7-18(21)22/h13,15,17-21,25-26H,4-7,9-10,12H2,1-3H3/t15?,17-,18+,19?,20?,21-,22-,23-/m0/s1. The smallest absolute Gasteiger partial charge is 0.316 e. The van der Waals surface area contributed by atoms with Crippen LogP contribution in [-0.2, 0) is 9.53 Å². The molecule has 0 aromatic carbocycles. The van der Waals surface area contributed by atoms with Crippen LogP contribution in [0.2, 0.25) is 0 Å². The molecule has 0 aromatic rings. The highest BCUT2D eigenvalue weighted by Crippen LogP contribution is 2.65. The molecule has 8 atom stereocenters. The van der Waals surface area contributed by atoms with E-state index in [2.05, 4.69) is 32.0 Å². The van der Waals surface area contributed by atoms with Gasteiger partial charge in [-0.1, -0.05) is 31.4 Å². The van der Waals surface area contributed by atoms with E-state index >= 15 is 0 Å². The zero-order valence-corrected chi connectivity index (χ0v) is 16.7. The molecule has 0 bridgehead atoms. The summed E-state index contributed by atoms with van der Waals surface area (Å²) in [6, 6.07) is 0.